The molecule has 6 nitrogen and oxygen atoms in total. The van der Waals surface area contributed by atoms with Gasteiger partial charge in [-0.3, -0.25) is 4.72 Å². The molecular weight excluding hydrogens is 533 g/mol. The lowest BCUT2D eigenvalue weighted by molar-refractivity contribution is 0.415. The van der Waals surface area contributed by atoms with E-state index in [4.69, 9.17) is 17.0 Å². The molecule has 0 fully saturated rings. The monoisotopic (exact) mass is 553 g/mol. The van der Waals surface area contributed by atoms with Crippen LogP contribution in [0.2, 0.25) is 0 Å². The molecule has 0 bridgehead atoms. The number of hydrogen-bond donors (Lipinski definition) is 3. The van der Waals surface area contributed by atoms with Gasteiger partial charge in [0.1, 0.15) is 10.6 Å². The van der Waals surface area contributed by atoms with E-state index in [-0.39, 0.29) is 10.0 Å². The predicted molar refractivity (Wildman–Crippen MR) is 134 cm³/mol. The molecule has 3 rings (SSSR count). The highest BCUT2D eigenvalue weighted by molar-refractivity contribution is 14.1. The molecule has 0 aliphatic heterocycles. The van der Waals surface area contributed by atoms with Gasteiger partial charge in [0.2, 0.25) is 0 Å². The maximum Gasteiger partial charge on any atom is 0.263 e. The van der Waals surface area contributed by atoms with Crippen molar-refractivity contribution in [2.75, 3.05) is 22.5 Å². The second-order valence-electron chi connectivity index (χ2n) is 6.42. The summed E-state index contributed by atoms with van der Waals surface area (Å²) < 4.78 is 34.9. The molecule has 0 atom stereocenters. The number of methoxy groups -OCH3 is 1. The normalized spacial score (nSPS) is 10.9. The molecular formula is C21H20IN3O3S2. The molecule has 0 aliphatic carbocycles. The Hall–Kier alpha value is -2.37. The number of rotatable bonds is 6. The van der Waals surface area contributed by atoms with Gasteiger partial charge in [-0.2, -0.15) is 0 Å². The van der Waals surface area contributed by atoms with Crippen molar-refractivity contribution < 1.29 is 13.2 Å². The maximum atomic E-state index is 13.0. The van der Waals surface area contributed by atoms with E-state index < -0.39 is 10.0 Å². The van der Waals surface area contributed by atoms with Gasteiger partial charge in [-0.05, 0) is 108 Å². The number of nitrogens with one attached hydrogen (secondary N) is 3. The van der Waals surface area contributed by atoms with Crippen LogP contribution in [0.3, 0.4) is 0 Å². The average molecular weight is 553 g/mol. The van der Waals surface area contributed by atoms with Gasteiger partial charge >= 0.3 is 0 Å². The van der Waals surface area contributed by atoms with Crippen molar-refractivity contribution in [2.45, 2.75) is 11.8 Å². The Morgan fingerprint density at radius 2 is 1.57 bits per heavy atom. The van der Waals surface area contributed by atoms with Crippen LogP contribution in [0.25, 0.3) is 0 Å². The molecule has 0 amide bonds. The van der Waals surface area contributed by atoms with Crippen LogP contribution in [0, 0.1) is 10.5 Å². The zero-order valence-electron chi connectivity index (χ0n) is 16.3. The van der Waals surface area contributed by atoms with E-state index in [9.17, 15) is 8.42 Å². The van der Waals surface area contributed by atoms with Crippen molar-refractivity contribution in [1.29, 1.82) is 0 Å². The molecule has 0 unspecified atom stereocenters. The maximum absolute atomic E-state index is 13.0. The third-order valence-electron chi connectivity index (χ3n) is 4.12. The Kier molecular flexibility index (Phi) is 7.16. The Morgan fingerprint density at radius 1 is 0.933 bits per heavy atom. The molecule has 0 aromatic heterocycles. The molecule has 0 saturated heterocycles. The summed E-state index contributed by atoms with van der Waals surface area (Å²) in [6, 6.07) is 19.5. The summed E-state index contributed by atoms with van der Waals surface area (Å²) in [4.78, 5) is 0.111. The van der Waals surface area contributed by atoms with Gasteiger partial charge in [0.05, 0.1) is 12.8 Å². The van der Waals surface area contributed by atoms with Crippen LogP contribution in [-0.4, -0.2) is 20.6 Å². The van der Waals surface area contributed by atoms with Gasteiger partial charge < -0.3 is 15.4 Å². The minimum absolute atomic E-state index is 0.111. The Bertz CT molecular complexity index is 1150. The first kappa shape index (κ1) is 22.3. The molecule has 0 aliphatic rings. The number of sulfonamides is 1. The zero-order chi connectivity index (χ0) is 21.7. The van der Waals surface area contributed by atoms with Crippen LogP contribution in [0.5, 0.6) is 5.75 Å². The van der Waals surface area contributed by atoms with E-state index in [2.05, 4.69) is 37.9 Å². The third kappa shape index (κ3) is 5.83. The highest BCUT2D eigenvalue weighted by Gasteiger charge is 2.20. The second kappa shape index (κ2) is 9.63. The summed E-state index contributed by atoms with van der Waals surface area (Å²) in [6.45, 7) is 1.83. The predicted octanol–water partition coefficient (Wildman–Crippen LogP) is 5.22. The van der Waals surface area contributed by atoms with Crippen LogP contribution < -0.4 is 20.1 Å². The summed E-state index contributed by atoms with van der Waals surface area (Å²) in [5.41, 5.74) is 2.44. The fourth-order valence-corrected chi connectivity index (χ4v) is 4.54. The molecule has 9 heteroatoms. The van der Waals surface area contributed by atoms with Crippen molar-refractivity contribution in [3.05, 3.63) is 75.9 Å². The van der Waals surface area contributed by atoms with Crippen LogP contribution >= 0.6 is 34.8 Å². The molecule has 30 heavy (non-hydrogen) atoms. The minimum Gasteiger partial charge on any atom is -0.497 e. The van der Waals surface area contributed by atoms with Crippen LogP contribution in [0.4, 0.5) is 17.1 Å². The van der Waals surface area contributed by atoms with Crippen molar-refractivity contribution in [3.63, 3.8) is 0 Å². The summed E-state index contributed by atoms with van der Waals surface area (Å²) in [5.74, 6) is 0.730. The second-order valence-corrected chi connectivity index (χ2v) is 9.72. The number of anilines is 3. The van der Waals surface area contributed by atoms with Crippen LogP contribution in [-0.2, 0) is 10.0 Å². The summed E-state index contributed by atoms with van der Waals surface area (Å²) in [6.07, 6.45) is 0. The van der Waals surface area contributed by atoms with E-state index in [1.807, 2.05) is 37.3 Å². The van der Waals surface area contributed by atoms with Gasteiger partial charge in [-0.1, -0.05) is 6.07 Å². The smallest absolute Gasteiger partial charge is 0.263 e. The highest BCUT2D eigenvalue weighted by atomic mass is 127. The summed E-state index contributed by atoms with van der Waals surface area (Å²) in [5, 5.41) is 6.30. The number of halogens is 1. The molecule has 3 aromatic carbocycles. The van der Waals surface area contributed by atoms with E-state index in [0.29, 0.717) is 11.4 Å². The fraction of sp³-hybridized carbons (Fsp3) is 0.0952. The van der Waals surface area contributed by atoms with Crippen LogP contribution in [0.1, 0.15) is 5.56 Å². The SMILES string of the molecule is COc1ccc(NC(=S)Nc2ccc(C)cc2S(=O)(=O)Nc2ccc(I)cc2)cc1. The van der Waals surface area contributed by atoms with E-state index >= 15 is 0 Å². The van der Waals surface area contributed by atoms with Gasteiger partial charge in [0.25, 0.3) is 10.0 Å². The standard InChI is InChI=1S/C21H20IN3O3S2/c1-14-3-12-19(24-21(29)23-16-8-10-18(28-2)11-9-16)20(13-14)30(26,27)25-17-6-4-15(22)5-7-17/h3-13,25H,1-2H3,(H2,23,24,29). The van der Waals surface area contributed by atoms with Crippen molar-refractivity contribution >= 4 is 67.0 Å². The van der Waals surface area contributed by atoms with Gasteiger partial charge in [0.15, 0.2) is 5.11 Å². The summed E-state index contributed by atoms with van der Waals surface area (Å²) >= 11 is 7.53. The van der Waals surface area contributed by atoms with Crippen LogP contribution in [0.15, 0.2) is 71.6 Å². The molecule has 0 spiro atoms. The molecule has 0 radical (unpaired) electrons. The lowest BCUT2D eigenvalue weighted by atomic mass is 10.2. The molecule has 0 saturated carbocycles. The Balaban J connectivity index is 1.81. The largest absolute Gasteiger partial charge is 0.497 e. The molecule has 3 aromatic rings. The van der Waals surface area contributed by atoms with Crippen molar-refractivity contribution in [2.24, 2.45) is 0 Å². The van der Waals surface area contributed by atoms with Gasteiger partial charge in [-0.25, -0.2) is 8.42 Å². The minimum atomic E-state index is -3.83. The number of thiocarbonyl (C=S) groups is 1. The Labute approximate surface area is 195 Å². The van der Waals surface area contributed by atoms with Gasteiger partial charge in [-0.15, -0.1) is 0 Å². The highest BCUT2D eigenvalue weighted by Crippen LogP contribution is 2.26. The third-order valence-corrected chi connectivity index (χ3v) is 6.46. The summed E-state index contributed by atoms with van der Waals surface area (Å²) in [7, 11) is -2.23. The van der Waals surface area contributed by atoms with Crippen molar-refractivity contribution in [1.82, 2.24) is 0 Å². The number of aryl methyl sites for hydroxylation is 1. The van der Waals surface area contributed by atoms with E-state index in [1.165, 1.54) is 0 Å². The van der Waals surface area contributed by atoms with E-state index in [0.717, 1.165) is 20.6 Å². The number of ether oxygens (including phenoxy) is 1. The molecule has 0 heterocycles. The van der Waals surface area contributed by atoms with E-state index in [1.54, 1.807) is 43.5 Å². The topological polar surface area (TPSA) is 79.5 Å². The first-order valence-electron chi connectivity index (χ1n) is 8.88. The quantitative estimate of drug-likeness (QED) is 0.287. The first-order valence-corrected chi connectivity index (χ1v) is 11.8. The van der Waals surface area contributed by atoms with Crippen molar-refractivity contribution in [3.8, 4) is 5.75 Å². The first-order chi connectivity index (χ1) is 14.3. The molecule has 156 valence electrons. The lowest BCUT2D eigenvalue weighted by Gasteiger charge is -2.16. The Morgan fingerprint density at radius 3 is 2.20 bits per heavy atom. The van der Waals surface area contributed by atoms with Gasteiger partial charge in [0, 0.05) is 14.9 Å². The zero-order valence-corrected chi connectivity index (χ0v) is 20.1. The lowest BCUT2D eigenvalue weighted by Crippen LogP contribution is -2.22. The number of benzene rings is 3. The average Bonchev–Trinajstić information content (AvgIpc) is 2.71. The molecule has 3 N–H and O–H groups in total. The fourth-order valence-electron chi connectivity index (χ4n) is 2.64. The number of hydrogen-bond acceptors (Lipinski definition) is 4.